The third-order valence-electron chi connectivity index (χ3n) is 6.82. The first-order valence-electron chi connectivity index (χ1n) is 12.2. The van der Waals surface area contributed by atoms with Gasteiger partial charge in [-0.1, -0.05) is 23.2 Å². The number of hydrogen-bond acceptors (Lipinski definition) is 3. The topological polar surface area (TPSA) is 44.4 Å². The summed E-state index contributed by atoms with van der Waals surface area (Å²) >= 11 is 12.7. The number of nitrogens with one attached hydrogen (secondary N) is 1. The average Bonchev–Trinajstić information content (AvgIpc) is 3.46. The molecule has 35 heavy (non-hydrogen) atoms. The van der Waals surface area contributed by atoms with Gasteiger partial charge in [0.2, 0.25) is 5.91 Å². The van der Waals surface area contributed by atoms with Crippen LogP contribution in [-0.2, 0) is 17.9 Å². The van der Waals surface area contributed by atoms with Crippen LogP contribution in [0.2, 0.25) is 10.0 Å². The summed E-state index contributed by atoms with van der Waals surface area (Å²) in [7, 11) is 0. The molecular weight excluding hydrogens is 481 g/mol. The number of imidazole rings is 1. The number of hydrogen-bond donors (Lipinski definition) is 1. The number of nitrogens with zero attached hydrogens (tertiary/aromatic N) is 4. The van der Waals surface area contributed by atoms with E-state index >= 15 is 0 Å². The SMILES string of the molecule is CCN1C(=CC=C2CCn3c2[n+](CC)c2ccc(NC(C)=O)cc23)N(CC)c2cc(Cl)c(Cl)cc21. The van der Waals surface area contributed by atoms with Crippen molar-refractivity contribution in [1.29, 1.82) is 0 Å². The fourth-order valence-corrected chi connectivity index (χ4v) is 5.70. The molecule has 0 fully saturated rings. The normalized spacial score (nSPS) is 15.8. The Morgan fingerprint density at radius 3 is 2.26 bits per heavy atom. The molecule has 182 valence electrons. The van der Waals surface area contributed by atoms with Gasteiger partial charge in [-0.15, -0.1) is 0 Å². The lowest BCUT2D eigenvalue weighted by Gasteiger charge is -2.23. The van der Waals surface area contributed by atoms with E-state index in [1.165, 1.54) is 23.8 Å². The lowest BCUT2D eigenvalue weighted by molar-refractivity contribution is -0.670. The quantitative estimate of drug-likeness (QED) is 0.415. The van der Waals surface area contributed by atoms with Crippen molar-refractivity contribution in [3.05, 3.63) is 64.2 Å². The number of fused-ring (bicyclic) bond motifs is 4. The van der Waals surface area contributed by atoms with E-state index in [0.29, 0.717) is 10.0 Å². The lowest BCUT2D eigenvalue weighted by atomic mass is 10.2. The van der Waals surface area contributed by atoms with Gasteiger partial charge in [-0.05, 0) is 57.2 Å². The molecule has 2 aliphatic heterocycles. The maximum absolute atomic E-state index is 11.6. The van der Waals surface area contributed by atoms with Crippen molar-refractivity contribution in [3.63, 3.8) is 0 Å². The molecule has 0 radical (unpaired) electrons. The van der Waals surface area contributed by atoms with Gasteiger partial charge in [0, 0.05) is 43.8 Å². The number of carbonyl (C=O) groups excluding carboxylic acids is 1. The van der Waals surface area contributed by atoms with Gasteiger partial charge < -0.3 is 15.1 Å². The largest absolute Gasteiger partial charge is 0.326 e. The molecule has 5 rings (SSSR count). The third-order valence-corrected chi connectivity index (χ3v) is 7.54. The minimum atomic E-state index is -0.0609. The van der Waals surface area contributed by atoms with Gasteiger partial charge in [0.25, 0.3) is 5.82 Å². The molecule has 3 heterocycles. The maximum Gasteiger partial charge on any atom is 0.285 e. The van der Waals surface area contributed by atoms with E-state index in [0.717, 1.165) is 61.0 Å². The molecule has 6 nitrogen and oxygen atoms in total. The molecule has 0 bridgehead atoms. The molecule has 1 N–H and O–H groups in total. The summed E-state index contributed by atoms with van der Waals surface area (Å²) in [6.45, 7) is 11.5. The van der Waals surface area contributed by atoms with E-state index in [9.17, 15) is 4.79 Å². The minimum Gasteiger partial charge on any atom is -0.326 e. The number of carbonyl (C=O) groups is 1. The average molecular weight is 511 g/mol. The van der Waals surface area contributed by atoms with E-state index in [4.69, 9.17) is 23.2 Å². The molecule has 2 aromatic carbocycles. The van der Waals surface area contributed by atoms with Gasteiger partial charge in [-0.25, -0.2) is 9.13 Å². The van der Waals surface area contributed by atoms with Crippen molar-refractivity contribution < 1.29 is 9.36 Å². The molecule has 0 atom stereocenters. The van der Waals surface area contributed by atoms with Crippen LogP contribution >= 0.6 is 23.2 Å². The van der Waals surface area contributed by atoms with Crippen molar-refractivity contribution in [3.8, 4) is 0 Å². The summed E-state index contributed by atoms with van der Waals surface area (Å²) < 4.78 is 4.73. The molecule has 1 amide bonds. The van der Waals surface area contributed by atoms with Crippen molar-refractivity contribution in [1.82, 2.24) is 4.57 Å². The molecule has 0 spiro atoms. The Labute approximate surface area is 216 Å². The molecule has 1 aromatic heterocycles. The second-order valence-corrected chi connectivity index (χ2v) is 9.63. The minimum absolute atomic E-state index is 0.0609. The highest BCUT2D eigenvalue weighted by Gasteiger charge is 2.34. The Morgan fingerprint density at radius 2 is 1.69 bits per heavy atom. The fraction of sp³-hybridized carbons (Fsp3) is 0.333. The molecule has 2 aliphatic rings. The zero-order chi connectivity index (χ0) is 24.9. The van der Waals surface area contributed by atoms with Crippen LogP contribution in [0.15, 0.2) is 48.3 Å². The first-order chi connectivity index (χ1) is 16.9. The number of anilines is 3. The highest BCUT2D eigenvalue weighted by atomic mass is 35.5. The Hall–Kier alpha value is -2.96. The molecule has 0 aliphatic carbocycles. The number of halogens is 2. The highest BCUT2D eigenvalue weighted by Crippen LogP contribution is 2.45. The van der Waals surface area contributed by atoms with Crippen LogP contribution < -0.4 is 19.7 Å². The van der Waals surface area contributed by atoms with Crippen LogP contribution in [-0.4, -0.2) is 23.6 Å². The summed E-state index contributed by atoms with van der Waals surface area (Å²) in [6.07, 6.45) is 5.44. The van der Waals surface area contributed by atoms with Crippen LogP contribution in [0.5, 0.6) is 0 Å². The van der Waals surface area contributed by atoms with Gasteiger partial charge in [-0.3, -0.25) is 4.79 Å². The van der Waals surface area contributed by atoms with E-state index in [1.54, 1.807) is 0 Å². The molecule has 3 aromatic rings. The number of allylic oxidation sites excluding steroid dienone is 3. The third kappa shape index (κ3) is 3.89. The van der Waals surface area contributed by atoms with Gasteiger partial charge in [-0.2, -0.15) is 0 Å². The van der Waals surface area contributed by atoms with Crippen molar-refractivity contribution in [2.24, 2.45) is 0 Å². The summed E-state index contributed by atoms with van der Waals surface area (Å²) in [4.78, 5) is 16.1. The van der Waals surface area contributed by atoms with Crippen molar-refractivity contribution >= 4 is 62.8 Å². The molecule has 0 unspecified atom stereocenters. The molecule has 0 saturated carbocycles. The van der Waals surface area contributed by atoms with Gasteiger partial charge in [0.1, 0.15) is 5.82 Å². The Bertz CT molecular complexity index is 1370. The zero-order valence-electron chi connectivity index (χ0n) is 20.5. The smallest absolute Gasteiger partial charge is 0.285 e. The predicted molar refractivity (Wildman–Crippen MR) is 145 cm³/mol. The molecular formula is C27H30Cl2N5O+. The summed E-state index contributed by atoms with van der Waals surface area (Å²) in [6, 6.07) is 10.1. The van der Waals surface area contributed by atoms with Crippen LogP contribution in [0.1, 0.15) is 39.9 Å². The Balaban J connectivity index is 1.59. The number of amides is 1. The highest BCUT2D eigenvalue weighted by molar-refractivity contribution is 6.42. The summed E-state index contributed by atoms with van der Waals surface area (Å²) in [5, 5.41) is 4.06. The van der Waals surface area contributed by atoms with E-state index in [2.05, 4.69) is 69.3 Å². The van der Waals surface area contributed by atoms with E-state index in [-0.39, 0.29) is 5.91 Å². The molecule has 0 saturated heterocycles. The monoisotopic (exact) mass is 510 g/mol. The number of aromatic nitrogens is 2. The number of aryl methyl sites for hydroxylation is 2. The number of benzene rings is 2. The van der Waals surface area contributed by atoms with E-state index in [1.807, 2.05) is 18.2 Å². The van der Waals surface area contributed by atoms with Gasteiger partial charge in [0.15, 0.2) is 11.0 Å². The lowest BCUT2D eigenvalue weighted by Crippen LogP contribution is -2.35. The van der Waals surface area contributed by atoms with E-state index < -0.39 is 0 Å². The van der Waals surface area contributed by atoms with Gasteiger partial charge in [0.05, 0.1) is 34.5 Å². The van der Waals surface area contributed by atoms with Gasteiger partial charge >= 0.3 is 0 Å². The second-order valence-electron chi connectivity index (χ2n) is 8.81. The number of rotatable bonds is 5. The second kappa shape index (κ2) is 9.25. The standard InChI is InChI=1S/C27H29Cl2N5O/c1-5-31-24-15-20(28)21(29)16-25(24)32(6-2)26(31)11-8-18-12-13-34-23-14-19(30-17(4)35)9-10-22(23)33(7-3)27(18)34/h8-11,14-16H,5-7,12-13H2,1-4H3/p+1. The molecule has 8 heteroatoms. The van der Waals surface area contributed by atoms with Crippen LogP contribution in [0.4, 0.5) is 17.1 Å². The first kappa shape index (κ1) is 23.8. The fourth-order valence-electron chi connectivity index (χ4n) is 5.39. The van der Waals surface area contributed by atoms with Crippen LogP contribution in [0.25, 0.3) is 16.6 Å². The van der Waals surface area contributed by atoms with Crippen LogP contribution in [0.3, 0.4) is 0 Å². The summed E-state index contributed by atoms with van der Waals surface area (Å²) in [5.74, 6) is 2.29. The maximum atomic E-state index is 11.6. The zero-order valence-corrected chi connectivity index (χ0v) is 22.0. The Kier molecular flexibility index (Phi) is 6.28. The summed E-state index contributed by atoms with van der Waals surface area (Å²) in [5.41, 5.74) is 6.62. The van der Waals surface area contributed by atoms with Crippen molar-refractivity contribution in [2.45, 2.75) is 47.2 Å². The first-order valence-corrected chi connectivity index (χ1v) is 12.9. The predicted octanol–water partition coefficient (Wildman–Crippen LogP) is 6.21. The van der Waals surface area contributed by atoms with Crippen molar-refractivity contribution in [2.75, 3.05) is 28.2 Å². The van der Waals surface area contributed by atoms with Crippen LogP contribution in [0, 0.1) is 0 Å². The Morgan fingerprint density at radius 1 is 1.03 bits per heavy atom.